The van der Waals surface area contributed by atoms with Crippen LogP contribution in [0.15, 0.2) is 43.0 Å². The standard InChI is InChI=1S/C16H18F3NO3/c1-5-14(2,3)15(13(22)23-4,16(17,18)19)20-12(21)11-9-7-6-8-10-11/h5-10H,1H2,2-4H3,(H,20,21)/t15-/m0/s1. The average Bonchev–Trinajstić information content (AvgIpc) is 2.50. The summed E-state index contributed by atoms with van der Waals surface area (Å²) in [5, 5.41) is 1.82. The van der Waals surface area contributed by atoms with Gasteiger partial charge in [0, 0.05) is 11.0 Å². The van der Waals surface area contributed by atoms with Crippen LogP contribution < -0.4 is 5.32 Å². The summed E-state index contributed by atoms with van der Waals surface area (Å²) in [6.07, 6.45) is -4.13. The summed E-state index contributed by atoms with van der Waals surface area (Å²) in [6, 6.07) is 7.30. The van der Waals surface area contributed by atoms with Crippen LogP contribution in [0.2, 0.25) is 0 Å². The molecule has 1 atom stereocenters. The molecule has 0 radical (unpaired) electrons. The smallest absolute Gasteiger partial charge is 0.423 e. The van der Waals surface area contributed by atoms with E-state index >= 15 is 0 Å². The van der Waals surface area contributed by atoms with Gasteiger partial charge < -0.3 is 10.1 Å². The van der Waals surface area contributed by atoms with E-state index in [4.69, 9.17) is 0 Å². The zero-order valence-electron chi connectivity index (χ0n) is 13.0. The lowest BCUT2D eigenvalue weighted by atomic mass is 9.71. The highest BCUT2D eigenvalue weighted by Crippen LogP contribution is 2.45. The maximum absolute atomic E-state index is 13.8. The predicted octanol–water partition coefficient (Wildman–Crippen LogP) is 3.10. The number of ether oxygens (including phenoxy) is 1. The van der Waals surface area contributed by atoms with E-state index in [-0.39, 0.29) is 5.56 Å². The Balaban J connectivity index is 3.48. The normalized spacial score (nSPS) is 14.5. The minimum Gasteiger partial charge on any atom is -0.467 e. The van der Waals surface area contributed by atoms with Crippen molar-refractivity contribution in [3.63, 3.8) is 0 Å². The number of benzene rings is 1. The number of halogens is 3. The number of alkyl halides is 3. The van der Waals surface area contributed by atoms with Crippen molar-refractivity contribution in [1.82, 2.24) is 5.32 Å². The maximum Gasteiger partial charge on any atom is 0.423 e. The van der Waals surface area contributed by atoms with Crippen molar-refractivity contribution in [3.8, 4) is 0 Å². The fourth-order valence-corrected chi connectivity index (χ4v) is 2.17. The van der Waals surface area contributed by atoms with E-state index in [1.165, 1.54) is 24.3 Å². The lowest BCUT2D eigenvalue weighted by Gasteiger charge is -2.43. The number of hydrogen-bond acceptors (Lipinski definition) is 3. The molecule has 0 aliphatic rings. The fourth-order valence-electron chi connectivity index (χ4n) is 2.17. The molecular weight excluding hydrogens is 311 g/mol. The predicted molar refractivity (Wildman–Crippen MR) is 78.7 cm³/mol. The average molecular weight is 329 g/mol. The van der Waals surface area contributed by atoms with Gasteiger partial charge in [0.15, 0.2) is 0 Å². The molecule has 7 heteroatoms. The number of rotatable bonds is 5. The number of esters is 1. The van der Waals surface area contributed by atoms with Crippen molar-refractivity contribution < 1.29 is 27.5 Å². The van der Waals surface area contributed by atoms with Crippen molar-refractivity contribution in [2.45, 2.75) is 25.6 Å². The summed E-state index contributed by atoms with van der Waals surface area (Å²) in [4.78, 5) is 24.3. The summed E-state index contributed by atoms with van der Waals surface area (Å²) in [5.41, 5.74) is -5.11. The Labute approximate surface area is 132 Å². The molecule has 1 aromatic carbocycles. The van der Waals surface area contributed by atoms with Crippen molar-refractivity contribution in [1.29, 1.82) is 0 Å². The third-order valence-electron chi connectivity index (χ3n) is 3.73. The number of carbonyl (C=O) groups excluding carboxylic acids is 2. The first-order valence-electron chi connectivity index (χ1n) is 6.70. The van der Waals surface area contributed by atoms with Gasteiger partial charge in [-0.2, -0.15) is 13.2 Å². The zero-order valence-corrected chi connectivity index (χ0v) is 13.0. The zero-order chi connectivity index (χ0) is 17.9. The first kappa shape index (κ1) is 18.7. The molecule has 0 spiro atoms. The first-order chi connectivity index (χ1) is 10.5. The van der Waals surface area contributed by atoms with Gasteiger partial charge in [0.2, 0.25) is 5.54 Å². The van der Waals surface area contributed by atoms with E-state index in [1.807, 2.05) is 5.32 Å². The highest BCUT2D eigenvalue weighted by atomic mass is 19.4. The SMILES string of the molecule is C=CC(C)(C)[C@@](NC(=O)c1ccccc1)(C(=O)OC)C(F)(F)F. The van der Waals surface area contributed by atoms with Crippen LogP contribution in [-0.4, -0.2) is 30.7 Å². The van der Waals surface area contributed by atoms with Crippen LogP contribution in [0.1, 0.15) is 24.2 Å². The second-order valence-corrected chi connectivity index (χ2v) is 5.49. The minimum absolute atomic E-state index is 0.00936. The number of nitrogens with one attached hydrogen (secondary N) is 1. The molecular formula is C16H18F3NO3. The molecule has 23 heavy (non-hydrogen) atoms. The molecule has 0 aliphatic heterocycles. The van der Waals surface area contributed by atoms with Gasteiger partial charge in [-0.3, -0.25) is 4.79 Å². The van der Waals surface area contributed by atoms with E-state index in [9.17, 15) is 22.8 Å². The Morgan fingerprint density at radius 2 is 1.70 bits per heavy atom. The van der Waals surface area contributed by atoms with Gasteiger partial charge in [-0.25, -0.2) is 4.79 Å². The summed E-state index contributed by atoms with van der Waals surface area (Å²) in [6.45, 7) is 5.65. The van der Waals surface area contributed by atoms with Crippen LogP contribution in [0, 0.1) is 5.41 Å². The lowest BCUT2D eigenvalue weighted by Crippen LogP contribution is -2.71. The highest BCUT2D eigenvalue weighted by molar-refractivity contribution is 5.99. The molecule has 1 rings (SSSR count). The molecule has 4 nitrogen and oxygen atoms in total. The van der Waals surface area contributed by atoms with Crippen LogP contribution in [0.3, 0.4) is 0 Å². The Hall–Kier alpha value is -2.31. The lowest BCUT2D eigenvalue weighted by molar-refractivity contribution is -0.227. The molecule has 0 heterocycles. The van der Waals surface area contributed by atoms with Crippen molar-refractivity contribution in [2.24, 2.45) is 5.41 Å². The second kappa shape index (κ2) is 6.44. The Bertz CT molecular complexity index is 596. The fraction of sp³-hybridized carbons (Fsp3) is 0.375. The van der Waals surface area contributed by atoms with Gasteiger partial charge in [-0.05, 0) is 12.1 Å². The maximum atomic E-state index is 13.8. The number of hydrogen-bond donors (Lipinski definition) is 1. The van der Waals surface area contributed by atoms with E-state index in [0.29, 0.717) is 0 Å². The molecule has 126 valence electrons. The Morgan fingerprint density at radius 1 is 1.17 bits per heavy atom. The van der Waals surface area contributed by atoms with Crippen molar-refractivity contribution >= 4 is 11.9 Å². The molecule has 1 N–H and O–H groups in total. The molecule has 0 bridgehead atoms. The van der Waals surface area contributed by atoms with E-state index in [1.54, 1.807) is 6.07 Å². The summed E-state index contributed by atoms with van der Waals surface area (Å²) < 4.78 is 45.8. The first-order valence-corrected chi connectivity index (χ1v) is 6.70. The van der Waals surface area contributed by atoms with Crippen LogP contribution in [0.4, 0.5) is 13.2 Å². The van der Waals surface area contributed by atoms with Gasteiger partial charge in [0.05, 0.1) is 7.11 Å². The van der Waals surface area contributed by atoms with Gasteiger partial charge >= 0.3 is 12.1 Å². The quantitative estimate of drug-likeness (QED) is 0.667. The van der Waals surface area contributed by atoms with Crippen molar-refractivity contribution in [3.05, 3.63) is 48.6 Å². The molecule has 1 aromatic rings. The Morgan fingerprint density at radius 3 is 2.09 bits per heavy atom. The number of methoxy groups -OCH3 is 1. The van der Waals surface area contributed by atoms with Crippen LogP contribution in [0.5, 0.6) is 0 Å². The van der Waals surface area contributed by atoms with Gasteiger partial charge in [-0.1, -0.05) is 38.1 Å². The van der Waals surface area contributed by atoms with E-state index in [2.05, 4.69) is 11.3 Å². The van der Waals surface area contributed by atoms with Gasteiger partial charge in [-0.15, -0.1) is 6.58 Å². The van der Waals surface area contributed by atoms with Crippen LogP contribution >= 0.6 is 0 Å². The molecule has 0 aliphatic carbocycles. The Kier molecular flexibility index (Phi) is 5.24. The highest BCUT2D eigenvalue weighted by Gasteiger charge is 2.69. The van der Waals surface area contributed by atoms with Gasteiger partial charge in [0.25, 0.3) is 5.91 Å². The third-order valence-corrected chi connectivity index (χ3v) is 3.73. The van der Waals surface area contributed by atoms with Gasteiger partial charge in [0.1, 0.15) is 0 Å². The van der Waals surface area contributed by atoms with Crippen LogP contribution in [0.25, 0.3) is 0 Å². The topological polar surface area (TPSA) is 55.4 Å². The molecule has 1 amide bonds. The monoisotopic (exact) mass is 329 g/mol. The third kappa shape index (κ3) is 3.23. The number of amides is 1. The summed E-state index contributed by atoms with van der Waals surface area (Å²) >= 11 is 0. The largest absolute Gasteiger partial charge is 0.467 e. The summed E-state index contributed by atoms with van der Waals surface area (Å²) in [5.74, 6) is -2.65. The van der Waals surface area contributed by atoms with Crippen LogP contribution in [-0.2, 0) is 9.53 Å². The number of carbonyl (C=O) groups is 2. The molecule has 0 aromatic heterocycles. The van der Waals surface area contributed by atoms with Crippen molar-refractivity contribution in [2.75, 3.05) is 7.11 Å². The summed E-state index contributed by atoms with van der Waals surface area (Å²) in [7, 11) is 0.830. The second-order valence-electron chi connectivity index (χ2n) is 5.49. The molecule has 0 unspecified atom stereocenters. The van der Waals surface area contributed by atoms with E-state index < -0.39 is 29.0 Å². The minimum atomic E-state index is -5.10. The molecule has 0 saturated carbocycles. The van der Waals surface area contributed by atoms with E-state index in [0.717, 1.165) is 27.0 Å². The molecule has 0 fully saturated rings. The molecule has 0 saturated heterocycles.